The summed E-state index contributed by atoms with van der Waals surface area (Å²) >= 11 is 3.16. The molecule has 1 aromatic heterocycles. The van der Waals surface area contributed by atoms with Crippen LogP contribution in [0.15, 0.2) is 21.6 Å². The minimum Gasteiger partial charge on any atom is -0.444 e. The predicted octanol–water partition coefficient (Wildman–Crippen LogP) is 2.01. The van der Waals surface area contributed by atoms with Crippen LogP contribution in [-0.4, -0.2) is 37.7 Å². The summed E-state index contributed by atoms with van der Waals surface area (Å²) in [6.45, 7) is 7.08. The number of nitrogens with one attached hydrogen (secondary N) is 2. The molecule has 0 saturated heterocycles. The number of amides is 1. The number of halogens is 1. The first-order valence-electron chi connectivity index (χ1n) is 7.35. The predicted molar refractivity (Wildman–Crippen MR) is 95.0 cm³/mol. The molecule has 1 aromatic rings. The number of carbonyl (C=O) groups excluding carboxylic acids is 1. The summed E-state index contributed by atoms with van der Waals surface area (Å²) in [6.07, 6.45) is 1.33. The topological polar surface area (TPSA) is 123 Å². The van der Waals surface area contributed by atoms with E-state index in [4.69, 9.17) is 10.5 Å². The molecule has 4 N–H and O–H groups in total. The van der Waals surface area contributed by atoms with E-state index in [1.165, 1.54) is 12.3 Å². The number of pyridine rings is 1. The van der Waals surface area contributed by atoms with Gasteiger partial charge in [-0.05, 0) is 49.2 Å². The lowest BCUT2D eigenvalue weighted by atomic mass is 10.2. The molecule has 136 valence electrons. The van der Waals surface area contributed by atoms with E-state index < -0.39 is 27.8 Å². The van der Waals surface area contributed by atoms with Gasteiger partial charge >= 0.3 is 6.09 Å². The van der Waals surface area contributed by atoms with Crippen LogP contribution >= 0.6 is 15.9 Å². The van der Waals surface area contributed by atoms with Crippen molar-refractivity contribution in [3.05, 3.63) is 16.7 Å². The van der Waals surface area contributed by atoms with Crippen molar-refractivity contribution in [3.8, 4) is 0 Å². The minimum atomic E-state index is -3.85. The lowest BCUT2D eigenvalue weighted by Gasteiger charge is -2.23. The molecule has 0 unspecified atom stereocenters. The number of sulfonamides is 1. The molecule has 1 amide bonds. The second kappa shape index (κ2) is 8.13. The maximum atomic E-state index is 12.3. The summed E-state index contributed by atoms with van der Waals surface area (Å²) in [5, 5.41) is 2.63. The van der Waals surface area contributed by atoms with Crippen LogP contribution in [0.1, 0.15) is 34.1 Å². The average Bonchev–Trinajstić information content (AvgIpc) is 2.44. The highest BCUT2D eigenvalue weighted by atomic mass is 79.9. The van der Waals surface area contributed by atoms with Crippen LogP contribution in [0, 0.1) is 0 Å². The highest BCUT2D eigenvalue weighted by Crippen LogP contribution is 2.20. The van der Waals surface area contributed by atoms with E-state index in [-0.39, 0.29) is 17.3 Å². The molecule has 0 radical (unpaired) electrons. The second-order valence-electron chi connectivity index (χ2n) is 6.14. The van der Waals surface area contributed by atoms with Gasteiger partial charge in [0.1, 0.15) is 16.3 Å². The van der Waals surface area contributed by atoms with Gasteiger partial charge in [-0.25, -0.2) is 22.9 Å². The fraction of sp³-hybridized carbons (Fsp3) is 0.571. The lowest BCUT2D eigenvalue weighted by Crippen LogP contribution is -2.45. The summed E-state index contributed by atoms with van der Waals surface area (Å²) in [7, 11) is -3.85. The first kappa shape index (κ1) is 20.7. The van der Waals surface area contributed by atoms with Gasteiger partial charge in [-0.2, -0.15) is 0 Å². The van der Waals surface area contributed by atoms with Gasteiger partial charge in [-0.15, -0.1) is 0 Å². The highest BCUT2D eigenvalue weighted by molar-refractivity contribution is 9.10. The molecule has 0 fully saturated rings. The van der Waals surface area contributed by atoms with E-state index >= 15 is 0 Å². The van der Waals surface area contributed by atoms with E-state index in [1.807, 2.05) is 6.92 Å². The third-order valence-electron chi connectivity index (χ3n) is 2.87. The number of hydrogen-bond donors (Lipinski definition) is 3. The first-order chi connectivity index (χ1) is 10.9. The van der Waals surface area contributed by atoms with Crippen LogP contribution in [0.4, 0.5) is 10.6 Å². The van der Waals surface area contributed by atoms with Crippen molar-refractivity contribution >= 4 is 37.9 Å². The smallest absolute Gasteiger partial charge is 0.407 e. The van der Waals surface area contributed by atoms with Gasteiger partial charge in [0.15, 0.2) is 0 Å². The molecule has 10 heteroatoms. The van der Waals surface area contributed by atoms with E-state index in [0.29, 0.717) is 10.9 Å². The highest BCUT2D eigenvalue weighted by Gasteiger charge is 2.22. The van der Waals surface area contributed by atoms with Crippen molar-refractivity contribution in [2.45, 2.75) is 50.7 Å². The third-order valence-corrected chi connectivity index (χ3v) is 4.76. The maximum absolute atomic E-state index is 12.3. The molecule has 0 aliphatic rings. The van der Waals surface area contributed by atoms with Gasteiger partial charge in [0, 0.05) is 23.3 Å². The van der Waals surface area contributed by atoms with Gasteiger partial charge in [-0.1, -0.05) is 6.92 Å². The van der Waals surface area contributed by atoms with Crippen molar-refractivity contribution in [1.82, 2.24) is 15.0 Å². The van der Waals surface area contributed by atoms with Crippen molar-refractivity contribution in [3.63, 3.8) is 0 Å². The standard InChI is InChI=1S/C14H23BrN4O4S/c1-5-10(19-13(20)23-14(2,3)4)8-18-24(21,22)11-6-9(15)7-17-12(11)16/h6-7,10,18H,5,8H2,1-4H3,(H2,16,17)(H,19,20)/t10-/m0/s1. The monoisotopic (exact) mass is 422 g/mol. The van der Waals surface area contributed by atoms with E-state index in [2.05, 4.69) is 31.0 Å². The summed E-state index contributed by atoms with van der Waals surface area (Å²) in [4.78, 5) is 15.5. The summed E-state index contributed by atoms with van der Waals surface area (Å²) < 4.78 is 32.8. The number of nitrogens with two attached hydrogens (primary N) is 1. The van der Waals surface area contributed by atoms with Crippen molar-refractivity contribution in [1.29, 1.82) is 0 Å². The summed E-state index contributed by atoms with van der Waals surface area (Å²) in [5.41, 5.74) is 5.00. The number of alkyl carbamates (subject to hydrolysis) is 1. The number of nitrogen functional groups attached to an aromatic ring is 1. The fourth-order valence-electron chi connectivity index (χ4n) is 1.71. The van der Waals surface area contributed by atoms with Crippen molar-refractivity contribution in [2.75, 3.05) is 12.3 Å². The molecule has 1 rings (SSSR count). The van der Waals surface area contributed by atoms with Crippen LogP contribution in [0.2, 0.25) is 0 Å². The Morgan fingerprint density at radius 3 is 2.62 bits per heavy atom. The minimum absolute atomic E-state index is 0.00400. The van der Waals surface area contributed by atoms with Crippen LogP contribution in [0.5, 0.6) is 0 Å². The largest absolute Gasteiger partial charge is 0.444 e. The molecule has 0 spiro atoms. The molecule has 24 heavy (non-hydrogen) atoms. The van der Waals surface area contributed by atoms with Crippen molar-refractivity contribution < 1.29 is 17.9 Å². The van der Waals surface area contributed by atoms with Gasteiger partial charge in [0.2, 0.25) is 10.0 Å². The zero-order chi connectivity index (χ0) is 18.5. The zero-order valence-electron chi connectivity index (χ0n) is 14.1. The molecule has 0 aromatic carbocycles. The van der Waals surface area contributed by atoms with E-state index in [1.54, 1.807) is 20.8 Å². The summed E-state index contributed by atoms with van der Waals surface area (Å²) in [5.74, 6) is -0.0983. The molecular formula is C14H23BrN4O4S. The van der Waals surface area contributed by atoms with Crippen LogP contribution < -0.4 is 15.8 Å². The van der Waals surface area contributed by atoms with Gasteiger partial charge in [0.05, 0.1) is 0 Å². The molecule has 0 aliphatic carbocycles. The molecule has 1 heterocycles. The Morgan fingerprint density at radius 1 is 1.46 bits per heavy atom. The van der Waals surface area contributed by atoms with Crippen molar-refractivity contribution in [2.24, 2.45) is 0 Å². The third kappa shape index (κ3) is 6.62. The van der Waals surface area contributed by atoms with Gasteiger partial charge < -0.3 is 15.8 Å². The maximum Gasteiger partial charge on any atom is 0.407 e. The SMILES string of the molecule is CC[C@@H](CNS(=O)(=O)c1cc(Br)cnc1N)NC(=O)OC(C)(C)C. The number of nitrogens with zero attached hydrogens (tertiary/aromatic N) is 1. The zero-order valence-corrected chi connectivity index (χ0v) is 16.5. The Kier molecular flexibility index (Phi) is 6.99. The number of ether oxygens (including phenoxy) is 1. The van der Waals surface area contributed by atoms with Crippen LogP contribution in [0.25, 0.3) is 0 Å². The molecule has 0 aliphatic heterocycles. The van der Waals surface area contributed by atoms with Gasteiger partial charge in [-0.3, -0.25) is 0 Å². The molecule has 1 atom stereocenters. The Bertz CT molecular complexity index is 689. The Balaban J connectivity index is 2.74. The Morgan fingerprint density at radius 2 is 2.08 bits per heavy atom. The number of carbonyl (C=O) groups is 1. The fourth-order valence-corrected chi connectivity index (χ4v) is 3.38. The van der Waals surface area contributed by atoms with E-state index in [9.17, 15) is 13.2 Å². The first-order valence-corrected chi connectivity index (χ1v) is 9.62. The number of anilines is 1. The molecule has 0 saturated carbocycles. The van der Waals surface area contributed by atoms with Gasteiger partial charge in [0.25, 0.3) is 0 Å². The Labute approximate surface area is 150 Å². The summed E-state index contributed by atoms with van der Waals surface area (Å²) in [6, 6.07) is 0.948. The van der Waals surface area contributed by atoms with Crippen LogP contribution in [0.3, 0.4) is 0 Å². The Hall–Kier alpha value is -1.39. The quantitative estimate of drug-likeness (QED) is 0.643. The van der Waals surface area contributed by atoms with E-state index in [0.717, 1.165) is 0 Å². The lowest BCUT2D eigenvalue weighted by molar-refractivity contribution is 0.0503. The second-order valence-corrected chi connectivity index (χ2v) is 8.79. The average molecular weight is 423 g/mol. The normalized spacial score (nSPS) is 13.4. The molecule has 0 bridgehead atoms. The number of rotatable bonds is 6. The molecular weight excluding hydrogens is 400 g/mol. The van der Waals surface area contributed by atoms with Crippen LogP contribution in [-0.2, 0) is 14.8 Å². The number of aromatic nitrogens is 1. The molecule has 8 nitrogen and oxygen atoms in total. The number of hydrogen-bond acceptors (Lipinski definition) is 6.